The molecule has 1 aromatic heterocycles. The van der Waals surface area contributed by atoms with Gasteiger partial charge >= 0.3 is 0 Å². The van der Waals surface area contributed by atoms with Crippen LogP contribution < -0.4 is 5.73 Å². The van der Waals surface area contributed by atoms with Crippen LogP contribution in [0.15, 0.2) is 4.52 Å². The molecule has 1 aromatic rings. The van der Waals surface area contributed by atoms with Crippen molar-refractivity contribution in [3.63, 3.8) is 0 Å². The molecule has 0 fully saturated rings. The Labute approximate surface area is 83.6 Å². The molecule has 0 aliphatic rings. The Balaban J connectivity index is 2.49. The maximum atomic E-state index is 5.48. The van der Waals surface area contributed by atoms with Gasteiger partial charge in [0.2, 0.25) is 5.89 Å². The Morgan fingerprint density at radius 1 is 1.57 bits per heavy atom. The second-order valence-corrected chi connectivity index (χ2v) is 3.15. The topological polar surface area (TPSA) is 74.2 Å². The van der Waals surface area contributed by atoms with Crippen molar-refractivity contribution in [3.8, 4) is 0 Å². The molecule has 2 N–H and O–H groups in total. The molecule has 1 rings (SSSR count). The number of rotatable bonds is 6. The highest BCUT2D eigenvalue weighted by Crippen LogP contribution is 2.04. The van der Waals surface area contributed by atoms with Crippen molar-refractivity contribution in [1.82, 2.24) is 10.1 Å². The molecule has 0 aliphatic carbocycles. The predicted octanol–water partition coefficient (Wildman–Crippen LogP) is 0.538. The van der Waals surface area contributed by atoms with Crippen molar-refractivity contribution in [2.24, 2.45) is 5.73 Å². The van der Waals surface area contributed by atoms with E-state index in [0.717, 1.165) is 18.7 Å². The van der Waals surface area contributed by atoms with Crippen LogP contribution in [0, 0.1) is 0 Å². The van der Waals surface area contributed by atoms with E-state index in [9.17, 15) is 0 Å². The first-order valence-electron chi connectivity index (χ1n) is 4.84. The first-order chi connectivity index (χ1) is 6.80. The second kappa shape index (κ2) is 5.72. The molecular formula is C9H17N3O2. The first kappa shape index (κ1) is 11.1. The van der Waals surface area contributed by atoms with Gasteiger partial charge in [-0.2, -0.15) is 4.98 Å². The molecule has 80 valence electrons. The zero-order valence-corrected chi connectivity index (χ0v) is 8.69. The zero-order valence-electron chi connectivity index (χ0n) is 8.69. The quantitative estimate of drug-likeness (QED) is 0.723. The van der Waals surface area contributed by atoms with E-state index in [1.54, 1.807) is 7.11 Å². The highest BCUT2D eigenvalue weighted by atomic mass is 16.5. The van der Waals surface area contributed by atoms with Crippen LogP contribution in [-0.4, -0.2) is 29.9 Å². The summed E-state index contributed by atoms with van der Waals surface area (Å²) in [7, 11) is 1.63. The van der Waals surface area contributed by atoms with E-state index in [1.165, 1.54) is 0 Å². The normalized spacial score (nSPS) is 13.1. The van der Waals surface area contributed by atoms with Crippen molar-refractivity contribution in [2.75, 3.05) is 13.7 Å². The molecule has 0 radical (unpaired) electrons. The lowest BCUT2D eigenvalue weighted by atomic mass is 10.2. The zero-order chi connectivity index (χ0) is 10.4. The van der Waals surface area contributed by atoms with Crippen LogP contribution >= 0.6 is 0 Å². The minimum atomic E-state index is -0.0371. The van der Waals surface area contributed by atoms with Crippen LogP contribution in [0.5, 0.6) is 0 Å². The Morgan fingerprint density at radius 3 is 2.93 bits per heavy atom. The SMILES string of the molecule is CCCc1noc(CC(CN)OC)n1. The lowest BCUT2D eigenvalue weighted by molar-refractivity contribution is 0.102. The number of hydrogen-bond acceptors (Lipinski definition) is 5. The van der Waals surface area contributed by atoms with Gasteiger partial charge in [-0.25, -0.2) is 0 Å². The van der Waals surface area contributed by atoms with Gasteiger partial charge in [0.15, 0.2) is 5.82 Å². The van der Waals surface area contributed by atoms with Crippen molar-refractivity contribution < 1.29 is 9.26 Å². The first-order valence-corrected chi connectivity index (χ1v) is 4.84. The van der Waals surface area contributed by atoms with E-state index in [1.807, 2.05) is 0 Å². The fourth-order valence-electron chi connectivity index (χ4n) is 1.16. The predicted molar refractivity (Wildman–Crippen MR) is 51.8 cm³/mol. The van der Waals surface area contributed by atoms with E-state index < -0.39 is 0 Å². The van der Waals surface area contributed by atoms with Crippen molar-refractivity contribution in [1.29, 1.82) is 0 Å². The third kappa shape index (κ3) is 3.08. The molecule has 0 amide bonds. The fraction of sp³-hybridized carbons (Fsp3) is 0.778. The molecule has 0 aromatic carbocycles. The van der Waals surface area contributed by atoms with Gasteiger partial charge in [0.1, 0.15) is 0 Å². The lowest BCUT2D eigenvalue weighted by Gasteiger charge is -2.08. The molecule has 0 bridgehead atoms. The number of aromatic nitrogens is 2. The van der Waals surface area contributed by atoms with Gasteiger partial charge < -0.3 is 15.0 Å². The standard InChI is InChI=1S/C9H17N3O2/c1-3-4-8-11-9(14-12-8)5-7(6-10)13-2/h7H,3-6,10H2,1-2H3. The summed E-state index contributed by atoms with van der Waals surface area (Å²) in [5.41, 5.74) is 5.48. The minimum absolute atomic E-state index is 0.0371. The Bertz CT molecular complexity index is 258. The summed E-state index contributed by atoms with van der Waals surface area (Å²) in [4.78, 5) is 4.22. The number of nitrogens with zero attached hydrogens (tertiary/aromatic N) is 2. The van der Waals surface area contributed by atoms with Crippen molar-refractivity contribution in [2.45, 2.75) is 32.3 Å². The maximum Gasteiger partial charge on any atom is 0.229 e. The largest absolute Gasteiger partial charge is 0.380 e. The summed E-state index contributed by atoms with van der Waals surface area (Å²) >= 11 is 0. The Morgan fingerprint density at radius 2 is 2.36 bits per heavy atom. The summed E-state index contributed by atoms with van der Waals surface area (Å²) in [6.07, 6.45) is 2.42. The third-order valence-electron chi connectivity index (χ3n) is 1.98. The molecule has 0 spiro atoms. The van der Waals surface area contributed by atoms with Gasteiger partial charge in [-0.05, 0) is 6.42 Å². The minimum Gasteiger partial charge on any atom is -0.380 e. The summed E-state index contributed by atoms with van der Waals surface area (Å²) < 4.78 is 10.2. The van der Waals surface area contributed by atoms with Crippen molar-refractivity contribution >= 4 is 0 Å². The number of aryl methyl sites for hydroxylation is 1. The van der Waals surface area contributed by atoms with Gasteiger partial charge in [0.05, 0.1) is 12.5 Å². The van der Waals surface area contributed by atoms with Crippen LogP contribution in [0.25, 0.3) is 0 Å². The molecule has 0 aliphatic heterocycles. The Kier molecular flexibility index (Phi) is 4.55. The number of ether oxygens (including phenoxy) is 1. The molecule has 1 heterocycles. The fourth-order valence-corrected chi connectivity index (χ4v) is 1.16. The van der Waals surface area contributed by atoms with Gasteiger partial charge in [-0.3, -0.25) is 0 Å². The number of methoxy groups -OCH3 is 1. The highest BCUT2D eigenvalue weighted by Gasteiger charge is 2.12. The maximum absolute atomic E-state index is 5.48. The molecule has 0 saturated carbocycles. The molecule has 5 heteroatoms. The average molecular weight is 199 g/mol. The van der Waals surface area contributed by atoms with E-state index in [2.05, 4.69) is 17.1 Å². The van der Waals surface area contributed by atoms with Crippen LogP contribution in [-0.2, 0) is 17.6 Å². The van der Waals surface area contributed by atoms with E-state index in [-0.39, 0.29) is 6.10 Å². The van der Waals surface area contributed by atoms with Crippen LogP contribution in [0.1, 0.15) is 25.1 Å². The summed E-state index contributed by atoms with van der Waals surface area (Å²) in [5.74, 6) is 1.36. The Hall–Kier alpha value is -0.940. The van der Waals surface area contributed by atoms with Crippen LogP contribution in [0.2, 0.25) is 0 Å². The highest BCUT2D eigenvalue weighted by molar-refractivity contribution is 4.88. The van der Waals surface area contributed by atoms with Gasteiger partial charge in [0, 0.05) is 20.1 Å². The lowest BCUT2D eigenvalue weighted by Crippen LogP contribution is -2.24. The van der Waals surface area contributed by atoms with Crippen LogP contribution in [0.3, 0.4) is 0 Å². The number of hydrogen-bond donors (Lipinski definition) is 1. The van der Waals surface area contributed by atoms with E-state index in [4.69, 9.17) is 15.0 Å². The molecule has 0 saturated heterocycles. The molecule has 5 nitrogen and oxygen atoms in total. The summed E-state index contributed by atoms with van der Waals surface area (Å²) in [6.45, 7) is 2.54. The number of nitrogens with two attached hydrogens (primary N) is 1. The van der Waals surface area contributed by atoms with E-state index >= 15 is 0 Å². The monoisotopic (exact) mass is 199 g/mol. The smallest absolute Gasteiger partial charge is 0.229 e. The summed E-state index contributed by atoms with van der Waals surface area (Å²) in [6, 6.07) is 0. The van der Waals surface area contributed by atoms with Gasteiger partial charge in [-0.1, -0.05) is 12.1 Å². The average Bonchev–Trinajstić information content (AvgIpc) is 2.63. The van der Waals surface area contributed by atoms with E-state index in [0.29, 0.717) is 18.9 Å². The molecule has 14 heavy (non-hydrogen) atoms. The molecular weight excluding hydrogens is 182 g/mol. The van der Waals surface area contributed by atoms with Crippen LogP contribution in [0.4, 0.5) is 0 Å². The second-order valence-electron chi connectivity index (χ2n) is 3.15. The van der Waals surface area contributed by atoms with Gasteiger partial charge in [-0.15, -0.1) is 0 Å². The molecule has 1 atom stereocenters. The molecule has 1 unspecified atom stereocenters. The summed E-state index contributed by atoms with van der Waals surface area (Å²) in [5, 5.41) is 3.85. The van der Waals surface area contributed by atoms with Gasteiger partial charge in [0.25, 0.3) is 0 Å². The third-order valence-corrected chi connectivity index (χ3v) is 1.98. The van der Waals surface area contributed by atoms with Crippen molar-refractivity contribution in [3.05, 3.63) is 11.7 Å².